The van der Waals surface area contributed by atoms with Gasteiger partial charge in [0.15, 0.2) is 0 Å². The number of thioether (sulfide) groups is 1. The zero-order chi connectivity index (χ0) is 9.68. The Labute approximate surface area is 82.3 Å². The van der Waals surface area contributed by atoms with Gasteiger partial charge >= 0.3 is 0 Å². The summed E-state index contributed by atoms with van der Waals surface area (Å²) in [5, 5.41) is 0.241. The highest BCUT2D eigenvalue weighted by Gasteiger charge is 2.14. The third-order valence-electron chi connectivity index (χ3n) is 1.71. The predicted molar refractivity (Wildman–Crippen MR) is 54.8 cm³/mol. The summed E-state index contributed by atoms with van der Waals surface area (Å²) in [6, 6.07) is 0. The largest absolute Gasteiger partial charge is 0.348 e. The Morgan fingerprint density at radius 3 is 3.00 bits per heavy atom. The van der Waals surface area contributed by atoms with Gasteiger partial charge in [-0.2, -0.15) is 11.8 Å². The van der Waals surface area contributed by atoms with Crippen molar-refractivity contribution in [3.05, 3.63) is 18.2 Å². The van der Waals surface area contributed by atoms with Crippen LogP contribution in [-0.4, -0.2) is 21.5 Å². The molecule has 0 aliphatic carbocycles. The molecule has 4 heteroatoms. The molecule has 1 rings (SSSR count). The standard InChI is InChI=1S/C9H14N2OS/c1-3-13-9(4-7(2)12)8-5-10-6-11-8/h5-6,9H,3-4H2,1-2H3,(H,10,11). The second-order valence-corrected chi connectivity index (χ2v) is 4.34. The van der Waals surface area contributed by atoms with Crippen molar-refractivity contribution in [2.24, 2.45) is 0 Å². The summed E-state index contributed by atoms with van der Waals surface area (Å²) in [4.78, 5) is 18.0. The highest BCUT2D eigenvalue weighted by molar-refractivity contribution is 7.99. The Kier molecular flexibility index (Phi) is 4.02. The Bertz CT molecular complexity index is 259. The molecule has 13 heavy (non-hydrogen) atoms. The van der Waals surface area contributed by atoms with Gasteiger partial charge in [-0.15, -0.1) is 0 Å². The van der Waals surface area contributed by atoms with Gasteiger partial charge in [-0.05, 0) is 12.7 Å². The molecule has 0 amide bonds. The molecule has 0 fully saturated rings. The van der Waals surface area contributed by atoms with Crippen LogP contribution in [0.15, 0.2) is 12.5 Å². The Balaban J connectivity index is 2.62. The smallest absolute Gasteiger partial charge is 0.131 e. The third kappa shape index (κ3) is 3.22. The average molecular weight is 198 g/mol. The van der Waals surface area contributed by atoms with E-state index in [0.717, 1.165) is 11.4 Å². The minimum atomic E-state index is 0.223. The van der Waals surface area contributed by atoms with Crippen LogP contribution in [0.3, 0.4) is 0 Å². The van der Waals surface area contributed by atoms with Crippen LogP contribution >= 0.6 is 11.8 Å². The topological polar surface area (TPSA) is 45.8 Å². The molecule has 0 spiro atoms. The van der Waals surface area contributed by atoms with E-state index >= 15 is 0 Å². The molecule has 0 aromatic carbocycles. The minimum absolute atomic E-state index is 0.223. The maximum Gasteiger partial charge on any atom is 0.131 e. The fourth-order valence-corrected chi connectivity index (χ4v) is 2.23. The van der Waals surface area contributed by atoms with E-state index < -0.39 is 0 Å². The zero-order valence-electron chi connectivity index (χ0n) is 7.91. The summed E-state index contributed by atoms with van der Waals surface area (Å²) in [6.45, 7) is 3.72. The fraction of sp³-hybridized carbons (Fsp3) is 0.556. The maximum atomic E-state index is 11.0. The van der Waals surface area contributed by atoms with Crippen molar-refractivity contribution >= 4 is 17.5 Å². The van der Waals surface area contributed by atoms with Crippen LogP contribution in [-0.2, 0) is 4.79 Å². The second-order valence-electron chi connectivity index (χ2n) is 2.86. The SMILES string of the molecule is CCSC(CC(C)=O)c1cnc[nH]1. The van der Waals surface area contributed by atoms with Gasteiger partial charge in [-0.3, -0.25) is 4.79 Å². The molecular weight excluding hydrogens is 184 g/mol. The summed E-state index contributed by atoms with van der Waals surface area (Å²) in [6.07, 6.45) is 4.02. The molecule has 1 N–H and O–H groups in total. The van der Waals surface area contributed by atoms with Gasteiger partial charge in [0.2, 0.25) is 0 Å². The van der Waals surface area contributed by atoms with Crippen molar-refractivity contribution in [3.8, 4) is 0 Å². The van der Waals surface area contributed by atoms with Crippen molar-refractivity contribution in [2.45, 2.75) is 25.5 Å². The number of ketones is 1. The van der Waals surface area contributed by atoms with Gasteiger partial charge in [0.1, 0.15) is 5.78 Å². The van der Waals surface area contributed by atoms with E-state index in [-0.39, 0.29) is 11.0 Å². The van der Waals surface area contributed by atoms with Crippen LogP contribution in [0.2, 0.25) is 0 Å². The molecule has 72 valence electrons. The first-order valence-corrected chi connectivity index (χ1v) is 5.38. The van der Waals surface area contributed by atoms with Crippen molar-refractivity contribution in [3.63, 3.8) is 0 Å². The van der Waals surface area contributed by atoms with Gasteiger partial charge in [-0.1, -0.05) is 6.92 Å². The first kappa shape index (κ1) is 10.3. The molecule has 1 heterocycles. The van der Waals surface area contributed by atoms with Crippen molar-refractivity contribution in [2.75, 3.05) is 5.75 Å². The molecule has 1 aromatic rings. The Hall–Kier alpha value is -0.770. The van der Waals surface area contributed by atoms with Crippen molar-refractivity contribution in [1.29, 1.82) is 0 Å². The highest BCUT2D eigenvalue weighted by atomic mass is 32.2. The number of rotatable bonds is 5. The molecule has 1 aromatic heterocycles. The number of aromatic amines is 1. The van der Waals surface area contributed by atoms with Crippen LogP contribution in [0.5, 0.6) is 0 Å². The van der Waals surface area contributed by atoms with Gasteiger partial charge < -0.3 is 4.98 Å². The number of imidazole rings is 1. The molecule has 0 aliphatic rings. The quantitative estimate of drug-likeness (QED) is 0.788. The van der Waals surface area contributed by atoms with E-state index in [9.17, 15) is 4.79 Å². The lowest BCUT2D eigenvalue weighted by molar-refractivity contribution is -0.117. The third-order valence-corrected chi connectivity index (χ3v) is 2.86. The van der Waals surface area contributed by atoms with Gasteiger partial charge in [0, 0.05) is 18.3 Å². The Morgan fingerprint density at radius 2 is 2.54 bits per heavy atom. The summed E-state index contributed by atoms with van der Waals surface area (Å²) in [7, 11) is 0. The highest BCUT2D eigenvalue weighted by Crippen LogP contribution is 2.30. The van der Waals surface area contributed by atoms with Crippen LogP contribution < -0.4 is 0 Å². The number of aromatic nitrogens is 2. The fourth-order valence-electron chi connectivity index (χ4n) is 1.16. The zero-order valence-corrected chi connectivity index (χ0v) is 8.73. The lowest BCUT2D eigenvalue weighted by atomic mass is 10.2. The van der Waals surface area contributed by atoms with Crippen molar-refractivity contribution in [1.82, 2.24) is 9.97 Å². The number of carbonyl (C=O) groups excluding carboxylic acids is 1. The van der Waals surface area contributed by atoms with E-state index in [1.165, 1.54) is 0 Å². The van der Waals surface area contributed by atoms with Crippen LogP contribution in [0, 0.1) is 0 Å². The van der Waals surface area contributed by atoms with E-state index in [1.54, 1.807) is 31.2 Å². The van der Waals surface area contributed by atoms with Gasteiger partial charge in [0.05, 0.1) is 11.6 Å². The Morgan fingerprint density at radius 1 is 1.77 bits per heavy atom. The second kappa shape index (κ2) is 5.07. The van der Waals surface area contributed by atoms with E-state index in [0.29, 0.717) is 6.42 Å². The van der Waals surface area contributed by atoms with Crippen LogP contribution in [0.25, 0.3) is 0 Å². The number of Topliss-reactive ketones (excluding diaryl/α,β-unsaturated/α-hetero) is 1. The van der Waals surface area contributed by atoms with Crippen LogP contribution in [0.4, 0.5) is 0 Å². The van der Waals surface area contributed by atoms with Gasteiger partial charge in [-0.25, -0.2) is 4.98 Å². The summed E-state index contributed by atoms with van der Waals surface area (Å²) in [5.41, 5.74) is 1.04. The molecule has 0 saturated heterocycles. The predicted octanol–water partition coefficient (Wildman–Crippen LogP) is 2.18. The first-order valence-electron chi connectivity index (χ1n) is 4.33. The molecule has 3 nitrogen and oxygen atoms in total. The molecule has 1 atom stereocenters. The van der Waals surface area contributed by atoms with E-state index in [2.05, 4.69) is 16.9 Å². The average Bonchev–Trinajstić information content (AvgIpc) is 2.54. The number of nitrogens with one attached hydrogen (secondary N) is 1. The molecule has 1 unspecified atom stereocenters. The van der Waals surface area contributed by atoms with Crippen LogP contribution in [0.1, 0.15) is 31.2 Å². The molecule has 0 saturated carbocycles. The molecule has 0 bridgehead atoms. The molecule has 0 aliphatic heterocycles. The molecule has 0 radical (unpaired) electrons. The lowest BCUT2D eigenvalue weighted by Gasteiger charge is -2.11. The summed E-state index contributed by atoms with van der Waals surface area (Å²) >= 11 is 1.77. The number of H-pyrrole nitrogens is 1. The maximum absolute atomic E-state index is 11.0. The minimum Gasteiger partial charge on any atom is -0.348 e. The normalized spacial score (nSPS) is 12.8. The van der Waals surface area contributed by atoms with E-state index in [4.69, 9.17) is 0 Å². The van der Waals surface area contributed by atoms with Gasteiger partial charge in [0.25, 0.3) is 0 Å². The summed E-state index contributed by atoms with van der Waals surface area (Å²) in [5.74, 6) is 1.23. The lowest BCUT2D eigenvalue weighted by Crippen LogP contribution is -2.01. The summed E-state index contributed by atoms with van der Waals surface area (Å²) < 4.78 is 0. The number of nitrogens with zero attached hydrogens (tertiary/aromatic N) is 1. The number of hydrogen-bond donors (Lipinski definition) is 1. The molecular formula is C9H14N2OS. The monoisotopic (exact) mass is 198 g/mol. The van der Waals surface area contributed by atoms with Crippen molar-refractivity contribution < 1.29 is 4.79 Å². The first-order chi connectivity index (χ1) is 6.24. The number of carbonyl (C=O) groups is 1. The number of hydrogen-bond acceptors (Lipinski definition) is 3. The van der Waals surface area contributed by atoms with E-state index in [1.807, 2.05) is 0 Å².